The molecule has 1 aromatic rings. The van der Waals surface area contributed by atoms with Gasteiger partial charge in [-0.2, -0.15) is 0 Å². The molecular weight excluding hydrogens is 304 g/mol. The van der Waals surface area contributed by atoms with Gasteiger partial charge in [0.05, 0.1) is 22.9 Å². The van der Waals surface area contributed by atoms with Crippen molar-refractivity contribution < 1.29 is 18.3 Å². The van der Waals surface area contributed by atoms with Crippen LogP contribution in [0.2, 0.25) is 5.02 Å². The molecule has 1 heterocycles. The molecule has 1 fully saturated rings. The number of nitrogens with two attached hydrogens (primary N) is 1. The summed E-state index contributed by atoms with van der Waals surface area (Å²) in [7, 11) is -3.91. The summed E-state index contributed by atoms with van der Waals surface area (Å²) in [6, 6.07) is 4.51. The van der Waals surface area contributed by atoms with E-state index in [4.69, 9.17) is 22.1 Å². The van der Waals surface area contributed by atoms with Crippen LogP contribution in [0.25, 0.3) is 0 Å². The Morgan fingerprint density at radius 3 is 2.60 bits per heavy atom. The van der Waals surface area contributed by atoms with E-state index in [2.05, 4.69) is 4.72 Å². The van der Waals surface area contributed by atoms with Crippen LogP contribution in [-0.2, 0) is 14.8 Å². The van der Waals surface area contributed by atoms with Gasteiger partial charge < -0.3 is 15.6 Å². The molecule has 0 radical (unpaired) electrons. The molecule has 0 bridgehead atoms. The zero-order chi connectivity index (χ0) is 14.8. The average Bonchev–Trinajstić information content (AvgIpc) is 2.38. The van der Waals surface area contributed by atoms with Gasteiger partial charge in [-0.1, -0.05) is 17.7 Å². The number of ether oxygens (including phenoxy) is 1. The van der Waals surface area contributed by atoms with E-state index in [0.717, 1.165) is 0 Å². The van der Waals surface area contributed by atoms with E-state index in [9.17, 15) is 13.5 Å². The van der Waals surface area contributed by atoms with E-state index < -0.39 is 15.6 Å². The van der Waals surface area contributed by atoms with Gasteiger partial charge >= 0.3 is 0 Å². The van der Waals surface area contributed by atoms with Gasteiger partial charge in [-0.05, 0) is 25.0 Å². The monoisotopic (exact) mass is 320 g/mol. The largest absolute Gasteiger partial charge is 0.398 e. The summed E-state index contributed by atoms with van der Waals surface area (Å²) in [5, 5.41) is 9.60. The second kappa shape index (κ2) is 5.87. The van der Waals surface area contributed by atoms with Gasteiger partial charge in [0.15, 0.2) is 0 Å². The van der Waals surface area contributed by atoms with Gasteiger partial charge in [0.2, 0.25) is 10.0 Å². The highest BCUT2D eigenvalue weighted by Crippen LogP contribution is 2.30. The van der Waals surface area contributed by atoms with Crippen LogP contribution in [0.3, 0.4) is 0 Å². The molecule has 0 spiro atoms. The van der Waals surface area contributed by atoms with E-state index in [1.165, 1.54) is 12.1 Å². The second-order valence-corrected chi connectivity index (χ2v) is 6.84. The molecule has 0 aliphatic carbocycles. The first kappa shape index (κ1) is 15.5. The third-order valence-corrected chi connectivity index (χ3v) is 5.49. The highest BCUT2D eigenvalue weighted by molar-refractivity contribution is 7.89. The molecule has 1 aromatic carbocycles. The molecule has 0 amide bonds. The Morgan fingerprint density at radius 1 is 1.40 bits per heavy atom. The number of nitrogen functional groups attached to an aromatic ring is 1. The minimum absolute atomic E-state index is 0.0534. The fourth-order valence-corrected chi connectivity index (χ4v) is 4.33. The zero-order valence-corrected chi connectivity index (χ0v) is 12.4. The van der Waals surface area contributed by atoms with Crippen LogP contribution < -0.4 is 10.5 Å². The molecule has 6 nitrogen and oxygen atoms in total. The summed E-state index contributed by atoms with van der Waals surface area (Å²) in [5.74, 6) is 0. The second-order valence-electron chi connectivity index (χ2n) is 4.81. The average molecular weight is 321 g/mol. The molecule has 0 atom stereocenters. The fourth-order valence-electron chi connectivity index (χ4n) is 2.20. The van der Waals surface area contributed by atoms with E-state index in [0.29, 0.717) is 26.1 Å². The normalized spacial score (nSPS) is 18.9. The molecular formula is C12H17ClN2O4S. The predicted octanol–water partition coefficient (Wildman–Crippen LogP) is 0.742. The van der Waals surface area contributed by atoms with E-state index in [-0.39, 0.29) is 22.2 Å². The lowest BCUT2D eigenvalue weighted by Gasteiger charge is -2.36. The van der Waals surface area contributed by atoms with Crippen molar-refractivity contribution >= 4 is 27.3 Å². The van der Waals surface area contributed by atoms with Crippen LogP contribution in [0, 0.1) is 0 Å². The smallest absolute Gasteiger partial charge is 0.244 e. The highest BCUT2D eigenvalue weighted by atomic mass is 35.5. The zero-order valence-electron chi connectivity index (χ0n) is 10.8. The Morgan fingerprint density at radius 2 is 2.05 bits per heavy atom. The lowest BCUT2D eigenvalue weighted by molar-refractivity contribution is 0.0223. The number of sulfonamides is 1. The number of rotatable bonds is 4. The Balaban J connectivity index is 2.35. The summed E-state index contributed by atoms with van der Waals surface area (Å²) >= 11 is 5.93. The van der Waals surface area contributed by atoms with Crippen molar-refractivity contribution in [1.29, 1.82) is 0 Å². The van der Waals surface area contributed by atoms with Crippen molar-refractivity contribution in [3.63, 3.8) is 0 Å². The summed E-state index contributed by atoms with van der Waals surface area (Å²) in [4.78, 5) is -0.152. The van der Waals surface area contributed by atoms with Gasteiger partial charge in [0.1, 0.15) is 4.90 Å². The molecule has 0 unspecified atom stereocenters. The molecule has 4 N–H and O–H groups in total. The minimum Gasteiger partial charge on any atom is -0.398 e. The maximum Gasteiger partial charge on any atom is 0.244 e. The third-order valence-electron chi connectivity index (χ3n) is 3.37. The van der Waals surface area contributed by atoms with Crippen molar-refractivity contribution in [2.24, 2.45) is 0 Å². The Hall–Kier alpha value is -0.860. The van der Waals surface area contributed by atoms with E-state index in [1.54, 1.807) is 6.07 Å². The molecule has 112 valence electrons. The Labute approximate surface area is 122 Å². The highest BCUT2D eigenvalue weighted by Gasteiger charge is 2.37. The number of anilines is 1. The van der Waals surface area contributed by atoms with Crippen molar-refractivity contribution in [1.82, 2.24) is 4.72 Å². The molecule has 0 saturated carbocycles. The van der Waals surface area contributed by atoms with E-state index >= 15 is 0 Å². The number of nitrogens with one attached hydrogen (secondary N) is 1. The van der Waals surface area contributed by atoms with Crippen LogP contribution in [0.15, 0.2) is 23.1 Å². The van der Waals surface area contributed by atoms with Gasteiger partial charge in [-0.15, -0.1) is 0 Å². The number of halogens is 1. The summed E-state index contributed by atoms with van der Waals surface area (Å²) in [5.41, 5.74) is 4.85. The van der Waals surface area contributed by atoms with Crippen LogP contribution in [-0.4, -0.2) is 38.9 Å². The first-order chi connectivity index (χ1) is 9.40. The quantitative estimate of drug-likeness (QED) is 0.710. The number of benzene rings is 1. The number of aliphatic hydroxyl groups is 1. The van der Waals surface area contributed by atoms with Gasteiger partial charge in [0, 0.05) is 13.2 Å². The number of hydrogen-bond acceptors (Lipinski definition) is 5. The van der Waals surface area contributed by atoms with E-state index in [1.807, 2.05) is 0 Å². The van der Waals surface area contributed by atoms with Crippen molar-refractivity contribution in [3.05, 3.63) is 23.2 Å². The molecule has 1 saturated heterocycles. The molecule has 1 aliphatic heterocycles. The first-order valence-electron chi connectivity index (χ1n) is 6.17. The topological polar surface area (TPSA) is 102 Å². The number of aliphatic hydroxyl groups excluding tert-OH is 1. The summed E-state index contributed by atoms with van der Waals surface area (Å²) in [6.45, 7) is 0.474. The molecule has 8 heteroatoms. The van der Waals surface area contributed by atoms with Crippen molar-refractivity contribution in [2.75, 3.05) is 25.6 Å². The molecule has 20 heavy (non-hydrogen) atoms. The SMILES string of the molecule is Nc1cccc(Cl)c1S(=O)(=O)NC1(CO)CCOCC1. The maximum absolute atomic E-state index is 12.5. The first-order valence-corrected chi connectivity index (χ1v) is 8.03. The van der Waals surface area contributed by atoms with Crippen molar-refractivity contribution in [2.45, 2.75) is 23.3 Å². The molecule has 1 aliphatic rings. The standard InChI is InChI=1S/C12H17ClN2O4S/c13-9-2-1-3-10(14)11(9)20(17,18)15-12(8-16)4-6-19-7-5-12/h1-3,15-16H,4-8,14H2. The minimum atomic E-state index is -3.91. The molecule has 2 rings (SSSR count). The van der Waals surface area contributed by atoms with Gasteiger partial charge in [-0.3, -0.25) is 0 Å². The van der Waals surface area contributed by atoms with Gasteiger partial charge in [-0.25, -0.2) is 13.1 Å². The summed E-state index contributed by atoms with van der Waals surface area (Å²) < 4.78 is 32.7. The lowest BCUT2D eigenvalue weighted by Crippen LogP contribution is -2.54. The maximum atomic E-state index is 12.5. The summed E-state index contributed by atoms with van der Waals surface area (Å²) in [6.07, 6.45) is 0.792. The Kier molecular flexibility index (Phi) is 4.55. The Bertz CT molecular complexity index is 565. The van der Waals surface area contributed by atoms with Crippen LogP contribution in [0.1, 0.15) is 12.8 Å². The fraction of sp³-hybridized carbons (Fsp3) is 0.500. The molecule has 0 aromatic heterocycles. The number of hydrogen-bond donors (Lipinski definition) is 3. The third kappa shape index (κ3) is 3.07. The van der Waals surface area contributed by atoms with Crippen LogP contribution in [0.5, 0.6) is 0 Å². The van der Waals surface area contributed by atoms with Crippen LogP contribution in [0.4, 0.5) is 5.69 Å². The predicted molar refractivity (Wildman–Crippen MR) is 76.1 cm³/mol. The van der Waals surface area contributed by atoms with Crippen molar-refractivity contribution in [3.8, 4) is 0 Å². The lowest BCUT2D eigenvalue weighted by atomic mass is 9.93. The van der Waals surface area contributed by atoms with Crippen LogP contribution >= 0.6 is 11.6 Å². The van der Waals surface area contributed by atoms with Gasteiger partial charge in [0.25, 0.3) is 0 Å².